The number of carbonyl (C=O) groups excluding carboxylic acids is 2. The lowest BCUT2D eigenvalue weighted by Gasteiger charge is -2.38. The quantitative estimate of drug-likeness (QED) is 0.463. The number of ether oxygens (including phenoxy) is 2. The summed E-state index contributed by atoms with van der Waals surface area (Å²) in [6.07, 6.45) is 1.11. The first-order valence-corrected chi connectivity index (χ1v) is 11.0. The summed E-state index contributed by atoms with van der Waals surface area (Å²) in [5, 5.41) is 0. The van der Waals surface area contributed by atoms with Gasteiger partial charge in [0, 0.05) is 25.7 Å². The predicted molar refractivity (Wildman–Crippen MR) is 128 cm³/mol. The number of hydrogen-bond donors (Lipinski definition) is 0. The van der Waals surface area contributed by atoms with E-state index in [4.69, 9.17) is 9.47 Å². The summed E-state index contributed by atoms with van der Waals surface area (Å²) >= 11 is 0. The van der Waals surface area contributed by atoms with Gasteiger partial charge in [-0.15, -0.1) is 0 Å². The Kier molecular flexibility index (Phi) is 7.23. The van der Waals surface area contributed by atoms with Gasteiger partial charge >= 0.3 is 12.1 Å². The van der Waals surface area contributed by atoms with Gasteiger partial charge in [-0.05, 0) is 63.5 Å². The van der Waals surface area contributed by atoms with Crippen molar-refractivity contribution in [3.05, 3.63) is 65.7 Å². The number of fused-ring (bicyclic) bond motifs is 1. The first kappa shape index (κ1) is 23.4. The summed E-state index contributed by atoms with van der Waals surface area (Å²) in [4.78, 5) is 28.8. The fourth-order valence-corrected chi connectivity index (χ4v) is 3.63. The number of amides is 1. The molecule has 1 heterocycles. The number of carbonyl (C=O) groups is 2. The normalized spacial score (nSPS) is 14.1. The smallest absolute Gasteiger partial charge is 0.414 e. The van der Waals surface area contributed by atoms with Crippen LogP contribution in [0.2, 0.25) is 0 Å². The summed E-state index contributed by atoms with van der Waals surface area (Å²) in [5.74, 6) is -0.377. The number of esters is 1. The van der Waals surface area contributed by atoms with E-state index in [9.17, 15) is 9.59 Å². The van der Waals surface area contributed by atoms with Crippen LogP contribution in [-0.4, -0.2) is 37.4 Å². The van der Waals surface area contributed by atoms with Gasteiger partial charge in [-0.1, -0.05) is 36.4 Å². The third kappa shape index (κ3) is 5.90. The molecule has 0 fully saturated rings. The van der Waals surface area contributed by atoms with Crippen LogP contribution in [0.15, 0.2) is 54.6 Å². The SMILES string of the molecule is CCOC(=O)C=C(C)c1ccc2c(c1)N(C(=O)OC(C)(C)C)CCN2Cc1ccccc1. The summed E-state index contributed by atoms with van der Waals surface area (Å²) in [6, 6.07) is 16.2. The van der Waals surface area contributed by atoms with Gasteiger partial charge in [-0.2, -0.15) is 0 Å². The molecule has 2 aromatic rings. The van der Waals surface area contributed by atoms with E-state index >= 15 is 0 Å². The molecule has 0 bridgehead atoms. The first-order valence-electron chi connectivity index (χ1n) is 11.0. The van der Waals surface area contributed by atoms with E-state index in [1.165, 1.54) is 11.6 Å². The van der Waals surface area contributed by atoms with Crippen molar-refractivity contribution < 1.29 is 19.1 Å². The third-order valence-corrected chi connectivity index (χ3v) is 5.11. The molecule has 3 rings (SSSR count). The van der Waals surface area contributed by atoms with Crippen LogP contribution < -0.4 is 9.80 Å². The summed E-state index contributed by atoms with van der Waals surface area (Å²) in [6.45, 7) is 11.5. The Labute approximate surface area is 190 Å². The highest BCUT2D eigenvalue weighted by atomic mass is 16.6. The monoisotopic (exact) mass is 436 g/mol. The van der Waals surface area contributed by atoms with Gasteiger partial charge in [0.1, 0.15) is 5.60 Å². The Morgan fingerprint density at radius 1 is 1.03 bits per heavy atom. The Morgan fingerprint density at radius 3 is 2.41 bits per heavy atom. The molecule has 0 N–H and O–H groups in total. The van der Waals surface area contributed by atoms with Crippen LogP contribution in [0.1, 0.15) is 45.7 Å². The van der Waals surface area contributed by atoms with Gasteiger partial charge in [-0.3, -0.25) is 4.90 Å². The zero-order valence-corrected chi connectivity index (χ0v) is 19.6. The van der Waals surface area contributed by atoms with Crippen molar-refractivity contribution in [1.29, 1.82) is 0 Å². The van der Waals surface area contributed by atoms with Crippen molar-refractivity contribution in [2.75, 3.05) is 29.5 Å². The molecule has 6 nitrogen and oxygen atoms in total. The van der Waals surface area contributed by atoms with Crippen molar-refractivity contribution in [1.82, 2.24) is 0 Å². The summed E-state index contributed by atoms with van der Waals surface area (Å²) < 4.78 is 10.7. The minimum atomic E-state index is -0.588. The van der Waals surface area contributed by atoms with Crippen LogP contribution in [0.3, 0.4) is 0 Å². The van der Waals surface area contributed by atoms with E-state index in [0.29, 0.717) is 19.7 Å². The second-order valence-electron chi connectivity index (χ2n) is 8.82. The van der Waals surface area contributed by atoms with Crippen molar-refractivity contribution in [2.45, 2.75) is 46.8 Å². The minimum Gasteiger partial charge on any atom is -0.463 e. The van der Waals surface area contributed by atoms with E-state index in [2.05, 4.69) is 17.0 Å². The Bertz CT molecular complexity index is 993. The van der Waals surface area contributed by atoms with Gasteiger partial charge in [0.25, 0.3) is 0 Å². The second kappa shape index (κ2) is 9.90. The molecule has 1 aliphatic rings. The van der Waals surface area contributed by atoms with Crippen LogP contribution in [0.25, 0.3) is 5.57 Å². The van der Waals surface area contributed by atoms with Gasteiger partial charge < -0.3 is 14.4 Å². The molecule has 32 heavy (non-hydrogen) atoms. The standard InChI is InChI=1S/C26H32N2O4/c1-6-31-24(29)16-19(2)21-12-13-22-23(17-21)28(25(30)32-26(3,4)5)15-14-27(22)18-20-10-8-7-9-11-20/h7-13,16-17H,6,14-15,18H2,1-5H3. The van der Waals surface area contributed by atoms with Crippen molar-refractivity contribution in [3.8, 4) is 0 Å². The average Bonchev–Trinajstić information content (AvgIpc) is 2.73. The number of rotatable bonds is 5. The first-order chi connectivity index (χ1) is 15.2. The number of allylic oxidation sites excluding steroid dienone is 1. The molecular weight excluding hydrogens is 404 g/mol. The fourth-order valence-electron chi connectivity index (χ4n) is 3.63. The molecular formula is C26H32N2O4. The molecule has 0 spiro atoms. The van der Waals surface area contributed by atoms with Gasteiger partial charge in [0.2, 0.25) is 0 Å². The fraction of sp³-hybridized carbons (Fsp3) is 0.385. The highest BCUT2D eigenvalue weighted by Gasteiger charge is 2.30. The van der Waals surface area contributed by atoms with Gasteiger partial charge in [0.05, 0.1) is 18.0 Å². The van der Waals surface area contributed by atoms with Crippen LogP contribution in [0.4, 0.5) is 16.2 Å². The molecule has 170 valence electrons. The van der Waals surface area contributed by atoms with Crippen LogP contribution in [-0.2, 0) is 20.8 Å². The van der Waals surface area contributed by atoms with Gasteiger partial charge in [-0.25, -0.2) is 9.59 Å². The van der Waals surface area contributed by atoms with E-state index in [1.807, 2.05) is 64.1 Å². The molecule has 0 saturated carbocycles. The summed E-state index contributed by atoms with van der Waals surface area (Å²) in [5.41, 5.74) is 3.97. The van der Waals surface area contributed by atoms with E-state index in [-0.39, 0.29) is 12.1 Å². The lowest BCUT2D eigenvalue weighted by atomic mass is 10.0. The van der Waals surface area contributed by atoms with E-state index < -0.39 is 5.60 Å². The third-order valence-electron chi connectivity index (χ3n) is 5.11. The van der Waals surface area contributed by atoms with Crippen LogP contribution in [0.5, 0.6) is 0 Å². The number of nitrogens with zero attached hydrogens (tertiary/aromatic N) is 2. The molecule has 0 unspecified atom stereocenters. The lowest BCUT2D eigenvalue weighted by molar-refractivity contribution is -0.137. The average molecular weight is 437 g/mol. The lowest BCUT2D eigenvalue weighted by Crippen LogP contribution is -2.45. The van der Waals surface area contributed by atoms with Crippen molar-refractivity contribution >= 4 is 29.0 Å². The maximum absolute atomic E-state index is 13.0. The van der Waals surface area contributed by atoms with E-state index in [1.54, 1.807) is 11.8 Å². The zero-order valence-electron chi connectivity index (χ0n) is 19.6. The zero-order chi connectivity index (χ0) is 23.3. The molecule has 1 aliphatic heterocycles. The van der Waals surface area contributed by atoms with Crippen molar-refractivity contribution in [3.63, 3.8) is 0 Å². The number of anilines is 2. The summed E-state index contributed by atoms with van der Waals surface area (Å²) in [7, 11) is 0. The minimum absolute atomic E-state index is 0.327. The van der Waals surface area contributed by atoms with Crippen molar-refractivity contribution in [2.24, 2.45) is 0 Å². The molecule has 0 radical (unpaired) electrons. The molecule has 0 aliphatic carbocycles. The largest absolute Gasteiger partial charge is 0.463 e. The van der Waals surface area contributed by atoms with Crippen LogP contribution in [0, 0.1) is 0 Å². The van der Waals surface area contributed by atoms with Crippen LogP contribution >= 0.6 is 0 Å². The molecule has 6 heteroatoms. The molecule has 1 amide bonds. The predicted octanol–water partition coefficient (Wildman–Crippen LogP) is 5.41. The molecule has 2 aromatic carbocycles. The Morgan fingerprint density at radius 2 is 1.75 bits per heavy atom. The topological polar surface area (TPSA) is 59.1 Å². The maximum atomic E-state index is 13.0. The maximum Gasteiger partial charge on any atom is 0.414 e. The highest BCUT2D eigenvalue weighted by Crippen LogP contribution is 2.37. The molecule has 0 aromatic heterocycles. The Balaban J connectivity index is 1.98. The van der Waals surface area contributed by atoms with E-state index in [0.717, 1.165) is 29.1 Å². The number of hydrogen-bond acceptors (Lipinski definition) is 5. The molecule has 0 atom stereocenters. The Hall–Kier alpha value is -3.28. The highest BCUT2D eigenvalue weighted by molar-refractivity contribution is 5.96. The number of benzene rings is 2. The van der Waals surface area contributed by atoms with Gasteiger partial charge in [0.15, 0.2) is 0 Å². The molecule has 0 saturated heterocycles. The second-order valence-corrected chi connectivity index (χ2v) is 8.82.